The smallest absolute Gasteiger partial charge is 0.422 e. The molecule has 0 radical (unpaired) electrons. The van der Waals surface area contributed by atoms with Crippen molar-refractivity contribution in [2.45, 2.75) is 18.1 Å². The van der Waals surface area contributed by atoms with Crippen molar-refractivity contribution < 1.29 is 17.9 Å². The predicted octanol–water partition coefficient (Wildman–Crippen LogP) is 0.996. The molecule has 2 N–H and O–H groups in total. The van der Waals surface area contributed by atoms with E-state index in [0.29, 0.717) is 0 Å². The van der Waals surface area contributed by atoms with E-state index in [4.69, 9.17) is 0 Å². The Morgan fingerprint density at radius 3 is 2.69 bits per heavy atom. The van der Waals surface area contributed by atoms with Crippen molar-refractivity contribution in [2.75, 3.05) is 6.61 Å². The third kappa shape index (κ3) is 3.47. The first-order valence-corrected chi connectivity index (χ1v) is 6.76. The van der Waals surface area contributed by atoms with Crippen molar-refractivity contribution in [3.05, 3.63) is 17.0 Å². The number of ether oxygens (including phenoxy) is 1. The zero-order chi connectivity index (χ0) is 12.2. The molecule has 6 nitrogen and oxygen atoms in total. The van der Waals surface area contributed by atoms with Gasteiger partial charge < -0.3 is 4.74 Å². The summed E-state index contributed by atoms with van der Waals surface area (Å²) in [6.45, 7) is 3.59. The SMILES string of the molecule is CCOC(=O)NNS(=O)(=O)c1ccc(C)s1. The maximum absolute atomic E-state index is 11.6. The fraction of sp³-hybridized carbons (Fsp3) is 0.375. The fourth-order valence-corrected chi connectivity index (χ4v) is 3.00. The number of sulfonamides is 1. The lowest BCUT2D eigenvalue weighted by Gasteiger charge is -2.06. The van der Waals surface area contributed by atoms with Crippen molar-refractivity contribution in [2.24, 2.45) is 0 Å². The van der Waals surface area contributed by atoms with Gasteiger partial charge >= 0.3 is 6.09 Å². The zero-order valence-corrected chi connectivity index (χ0v) is 10.4. The highest BCUT2D eigenvalue weighted by Gasteiger charge is 2.16. The zero-order valence-electron chi connectivity index (χ0n) is 8.81. The number of hydrazine groups is 1. The molecular formula is C8H12N2O4S2. The molecule has 0 saturated heterocycles. The Morgan fingerprint density at radius 2 is 2.19 bits per heavy atom. The molecule has 1 heterocycles. The molecule has 0 aliphatic rings. The van der Waals surface area contributed by atoms with Crippen LogP contribution in [0.5, 0.6) is 0 Å². The molecule has 0 saturated carbocycles. The van der Waals surface area contributed by atoms with E-state index in [2.05, 4.69) is 4.74 Å². The number of amides is 1. The lowest BCUT2D eigenvalue weighted by Crippen LogP contribution is -2.41. The van der Waals surface area contributed by atoms with Crippen molar-refractivity contribution in [1.82, 2.24) is 10.3 Å². The lowest BCUT2D eigenvalue weighted by molar-refractivity contribution is 0.150. The minimum atomic E-state index is -3.70. The van der Waals surface area contributed by atoms with Gasteiger partial charge in [-0.25, -0.2) is 18.6 Å². The average molecular weight is 264 g/mol. The third-order valence-electron chi connectivity index (χ3n) is 1.54. The molecule has 8 heteroatoms. The van der Waals surface area contributed by atoms with Crippen LogP contribution < -0.4 is 10.3 Å². The largest absolute Gasteiger partial charge is 0.449 e. The molecular weight excluding hydrogens is 252 g/mol. The van der Waals surface area contributed by atoms with E-state index in [1.54, 1.807) is 19.9 Å². The summed E-state index contributed by atoms with van der Waals surface area (Å²) in [7, 11) is -3.70. The summed E-state index contributed by atoms with van der Waals surface area (Å²) in [6, 6.07) is 3.15. The van der Waals surface area contributed by atoms with Gasteiger partial charge in [0.15, 0.2) is 0 Å². The molecule has 0 aromatic carbocycles. The van der Waals surface area contributed by atoms with Crippen molar-refractivity contribution in [3.63, 3.8) is 0 Å². The molecule has 0 aliphatic carbocycles. The maximum Gasteiger partial charge on any atom is 0.422 e. The minimum absolute atomic E-state index is 0.141. The van der Waals surface area contributed by atoms with Crippen molar-refractivity contribution >= 4 is 27.5 Å². The van der Waals surface area contributed by atoms with Crippen LogP contribution in [0.4, 0.5) is 4.79 Å². The molecule has 0 bridgehead atoms. The molecule has 1 rings (SSSR count). The van der Waals surface area contributed by atoms with E-state index in [1.807, 2.05) is 10.3 Å². The summed E-state index contributed by atoms with van der Waals surface area (Å²) in [5.41, 5.74) is 1.94. The summed E-state index contributed by atoms with van der Waals surface area (Å²) in [4.78, 5) is 13.7. The highest BCUT2D eigenvalue weighted by atomic mass is 32.2. The van der Waals surface area contributed by atoms with Crippen LogP contribution in [0.2, 0.25) is 0 Å². The van der Waals surface area contributed by atoms with Crippen LogP contribution in [0, 0.1) is 6.92 Å². The number of aryl methyl sites for hydroxylation is 1. The first-order chi connectivity index (χ1) is 7.45. The number of nitrogens with one attached hydrogen (secondary N) is 2. The molecule has 0 spiro atoms. The van der Waals surface area contributed by atoms with Crippen molar-refractivity contribution in [1.29, 1.82) is 0 Å². The second kappa shape index (κ2) is 5.28. The summed E-state index contributed by atoms with van der Waals surface area (Å²) in [6.07, 6.45) is -0.834. The molecule has 1 amide bonds. The van der Waals surface area contributed by atoms with Crippen LogP contribution in [-0.4, -0.2) is 21.1 Å². The van der Waals surface area contributed by atoms with E-state index >= 15 is 0 Å². The second-order valence-corrected chi connectivity index (χ2v) is 6.01. The number of hydrogen-bond acceptors (Lipinski definition) is 5. The maximum atomic E-state index is 11.6. The summed E-state index contributed by atoms with van der Waals surface area (Å²) >= 11 is 1.12. The third-order valence-corrected chi connectivity index (χ3v) is 4.28. The predicted molar refractivity (Wildman–Crippen MR) is 59.5 cm³/mol. The molecule has 0 atom stereocenters. The molecule has 16 heavy (non-hydrogen) atoms. The number of thiophene rings is 1. The molecule has 90 valence electrons. The van der Waals surface area contributed by atoms with Crippen LogP contribution in [0.1, 0.15) is 11.8 Å². The van der Waals surface area contributed by atoms with Crippen LogP contribution in [0.25, 0.3) is 0 Å². The van der Waals surface area contributed by atoms with Gasteiger partial charge in [0, 0.05) is 4.88 Å². The second-order valence-electron chi connectivity index (χ2n) is 2.82. The first kappa shape index (κ1) is 12.9. The van der Waals surface area contributed by atoms with Gasteiger partial charge in [-0.05, 0) is 26.0 Å². The Bertz CT molecular complexity index is 466. The Morgan fingerprint density at radius 1 is 1.50 bits per heavy atom. The van der Waals surface area contributed by atoms with Gasteiger partial charge in [-0.3, -0.25) is 0 Å². The van der Waals surface area contributed by atoms with Crippen LogP contribution in [-0.2, 0) is 14.8 Å². The van der Waals surface area contributed by atoms with Gasteiger partial charge in [0.25, 0.3) is 10.0 Å². The van der Waals surface area contributed by atoms with Gasteiger partial charge in [0.2, 0.25) is 0 Å². The number of carbonyl (C=O) groups is 1. The normalized spacial score (nSPS) is 11.1. The van der Waals surface area contributed by atoms with Gasteiger partial charge in [-0.2, -0.15) is 0 Å². The van der Waals surface area contributed by atoms with Gasteiger partial charge in [-0.1, -0.05) is 0 Å². The fourth-order valence-electron chi connectivity index (χ4n) is 0.883. The van der Waals surface area contributed by atoms with Crippen LogP contribution in [0.15, 0.2) is 16.3 Å². The van der Waals surface area contributed by atoms with E-state index in [-0.39, 0.29) is 10.8 Å². The summed E-state index contributed by atoms with van der Waals surface area (Å²) < 4.78 is 27.8. The minimum Gasteiger partial charge on any atom is -0.449 e. The highest BCUT2D eigenvalue weighted by Crippen LogP contribution is 2.19. The number of carbonyl (C=O) groups excluding carboxylic acids is 1. The van der Waals surface area contributed by atoms with E-state index in [9.17, 15) is 13.2 Å². The molecule has 0 aliphatic heterocycles. The Labute approximate surface area is 97.6 Å². The van der Waals surface area contributed by atoms with Gasteiger partial charge in [-0.15, -0.1) is 16.2 Å². The van der Waals surface area contributed by atoms with Gasteiger partial charge in [0.1, 0.15) is 4.21 Å². The quantitative estimate of drug-likeness (QED) is 0.794. The molecule has 1 aromatic heterocycles. The topological polar surface area (TPSA) is 84.5 Å². The van der Waals surface area contributed by atoms with Crippen LogP contribution >= 0.6 is 11.3 Å². The first-order valence-electron chi connectivity index (χ1n) is 4.46. The van der Waals surface area contributed by atoms with Crippen molar-refractivity contribution in [3.8, 4) is 0 Å². The standard InChI is InChI=1S/C8H12N2O4S2/c1-3-14-8(11)9-10-16(12,13)7-5-4-6(2)15-7/h4-5,10H,3H2,1-2H3,(H,9,11). The lowest BCUT2D eigenvalue weighted by atomic mass is 10.5. The molecule has 0 unspecified atom stereocenters. The summed E-state index contributed by atoms with van der Waals surface area (Å²) in [5, 5.41) is 0. The Kier molecular flexibility index (Phi) is 4.27. The van der Waals surface area contributed by atoms with Gasteiger partial charge in [0.05, 0.1) is 6.61 Å². The highest BCUT2D eigenvalue weighted by molar-refractivity contribution is 7.91. The molecule has 1 aromatic rings. The summed E-state index contributed by atoms with van der Waals surface area (Å²) in [5.74, 6) is 0. The van der Waals surface area contributed by atoms with E-state index in [1.165, 1.54) is 6.07 Å². The Hall–Kier alpha value is -1.12. The molecule has 0 fully saturated rings. The van der Waals surface area contributed by atoms with E-state index < -0.39 is 16.1 Å². The van der Waals surface area contributed by atoms with Crippen LogP contribution in [0.3, 0.4) is 0 Å². The average Bonchev–Trinajstić information content (AvgIpc) is 2.63. The Balaban J connectivity index is 2.63. The van der Waals surface area contributed by atoms with E-state index in [0.717, 1.165) is 16.2 Å². The monoisotopic (exact) mass is 264 g/mol. The number of hydrogen-bond donors (Lipinski definition) is 2. The number of rotatable bonds is 4.